The van der Waals surface area contributed by atoms with E-state index in [0.29, 0.717) is 0 Å². The maximum Gasteiger partial charge on any atom is 0.277 e. The molecular weight excluding hydrogens is 1330 g/mol. The minimum absolute atomic E-state index is 0.183. The highest BCUT2D eigenvalue weighted by atomic mass is 32.1. The zero-order valence-electron chi connectivity index (χ0n) is 62.8. The molecule has 14 aromatic rings. The molecule has 20 rings (SSSR count). The SMILES string of the molecule is Cc1cc(C)c(N2c3cc(-c4c(C)cccc4C)cc4c3B(c3sc5c(c32)N(c2ccccc2)c2cc(-c3c(C)cccc3C)cc3c2B5c2ccccc2O3)c2sc3c(c2N4c2c(C)cc(C)cc2C)N(c2c(C)cc(C)cc2C)c2cc(-c4c(C)cccc4C)cc4c2B3c2ccccc2O4)c(C)c1. The maximum absolute atomic E-state index is 7.47. The van der Waals surface area contributed by atoms with Crippen LogP contribution in [-0.4, -0.2) is 20.1 Å². The predicted octanol–water partition coefficient (Wildman–Crippen LogP) is 20.3. The number of para-hydroxylation sites is 3. The van der Waals surface area contributed by atoms with Gasteiger partial charge in [0.05, 0.1) is 39.8 Å². The van der Waals surface area contributed by atoms with Crippen LogP contribution in [0.2, 0.25) is 0 Å². The third kappa shape index (κ3) is 9.18. The van der Waals surface area contributed by atoms with E-state index in [0.717, 1.165) is 51.2 Å². The van der Waals surface area contributed by atoms with Crippen molar-refractivity contribution >= 4 is 157 Å². The Morgan fingerprint density at radius 3 is 0.896 bits per heavy atom. The lowest BCUT2D eigenvalue weighted by atomic mass is 9.36. The van der Waals surface area contributed by atoms with Gasteiger partial charge < -0.3 is 29.1 Å². The molecule has 0 saturated heterocycles. The first-order valence-electron chi connectivity index (χ1n) is 37.4. The molecular formula is C95H79B3N4O2S2. The molecule has 6 nitrogen and oxygen atoms in total. The topological polar surface area (TPSA) is 31.4 Å². The van der Waals surface area contributed by atoms with Crippen LogP contribution in [0.1, 0.15) is 83.5 Å². The lowest BCUT2D eigenvalue weighted by Crippen LogP contribution is -2.60. The molecule has 8 heterocycles. The van der Waals surface area contributed by atoms with Gasteiger partial charge in [-0.25, -0.2) is 0 Å². The number of hydrogen-bond donors (Lipinski definition) is 0. The molecule has 106 heavy (non-hydrogen) atoms. The smallest absolute Gasteiger partial charge is 0.277 e. The van der Waals surface area contributed by atoms with Gasteiger partial charge >= 0.3 is 0 Å². The quantitative estimate of drug-likeness (QED) is 0.148. The number of nitrogens with zero attached hydrogens (tertiary/aromatic N) is 4. The van der Waals surface area contributed by atoms with Gasteiger partial charge in [0, 0.05) is 47.5 Å². The third-order valence-corrected chi connectivity index (χ3v) is 26.4. The van der Waals surface area contributed by atoms with E-state index in [4.69, 9.17) is 9.47 Å². The number of thiophene rings is 2. The van der Waals surface area contributed by atoms with Gasteiger partial charge in [-0.1, -0.05) is 162 Å². The number of hydrogen-bond acceptors (Lipinski definition) is 8. The zero-order valence-corrected chi connectivity index (χ0v) is 64.4. The molecule has 0 amide bonds. The van der Waals surface area contributed by atoms with Crippen molar-refractivity contribution in [2.45, 2.75) is 104 Å². The molecule has 512 valence electrons. The van der Waals surface area contributed by atoms with Crippen molar-refractivity contribution in [3.63, 3.8) is 0 Å². The highest BCUT2D eigenvalue weighted by molar-refractivity contribution is 7.44. The molecule has 0 atom stereocenters. The number of ether oxygens (including phenoxy) is 2. The number of benzene rings is 12. The van der Waals surface area contributed by atoms with Crippen LogP contribution >= 0.6 is 22.7 Å². The van der Waals surface area contributed by atoms with Crippen LogP contribution in [0.15, 0.2) is 206 Å². The molecule has 0 unspecified atom stereocenters. The van der Waals surface area contributed by atoms with Gasteiger partial charge in [-0.15, -0.1) is 0 Å². The van der Waals surface area contributed by atoms with E-state index in [1.165, 1.54) is 203 Å². The first kappa shape index (κ1) is 64.6. The molecule has 0 saturated carbocycles. The van der Waals surface area contributed by atoms with E-state index in [2.05, 4.69) is 330 Å². The van der Waals surface area contributed by atoms with Crippen molar-refractivity contribution in [3.05, 3.63) is 290 Å². The van der Waals surface area contributed by atoms with Crippen molar-refractivity contribution < 1.29 is 9.47 Å². The van der Waals surface area contributed by atoms with Gasteiger partial charge in [0.25, 0.3) is 20.1 Å². The van der Waals surface area contributed by atoms with E-state index < -0.39 is 0 Å². The Hall–Kier alpha value is -11.0. The summed E-state index contributed by atoms with van der Waals surface area (Å²) in [6, 6.07) is 78.8. The third-order valence-electron chi connectivity index (χ3n) is 23.8. The molecule has 0 radical (unpaired) electrons. The van der Waals surface area contributed by atoms with Crippen LogP contribution in [0.3, 0.4) is 0 Å². The lowest BCUT2D eigenvalue weighted by molar-refractivity contribution is 0.487. The van der Waals surface area contributed by atoms with Gasteiger partial charge in [0.1, 0.15) is 23.0 Å². The average Bonchev–Trinajstić information content (AvgIpc) is 1.45. The molecule has 6 aliphatic heterocycles. The average molecular weight is 1410 g/mol. The Morgan fingerprint density at radius 2 is 0.538 bits per heavy atom. The van der Waals surface area contributed by atoms with Crippen molar-refractivity contribution in [2.75, 3.05) is 19.6 Å². The number of rotatable bonds is 7. The molecule has 11 heteroatoms. The van der Waals surface area contributed by atoms with Gasteiger partial charge in [0.15, 0.2) is 0 Å². The second kappa shape index (κ2) is 23.5. The van der Waals surface area contributed by atoms with Crippen molar-refractivity contribution in [1.29, 1.82) is 0 Å². The fourth-order valence-corrected chi connectivity index (χ4v) is 23.2. The van der Waals surface area contributed by atoms with E-state index in [1.54, 1.807) is 0 Å². The van der Waals surface area contributed by atoms with E-state index >= 15 is 0 Å². The summed E-state index contributed by atoms with van der Waals surface area (Å²) >= 11 is 4.08. The van der Waals surface area contributed by atoms with E-state index in [-0.39, 0.29) is 20.1 Å². The molecule has 0 spiro atoms. The monoisotopic (exact) mass is 1400 g/mol. The first-order valence-corrected chi connectivity index (χ1v) is 39.0. The van der Waals surface area contributed by atoms with E-state index in [9.17, 15) is 0 Å². The van der Waals surface area contributed by atoms with Gasteiger partial charge in [0.2, 0.25) is 0 Å². The molecule has 0 N–H and O–H groups in total. The number of anilines is 12. The summed E-state index contributed by atoms with van der Waals surface area (Å²) in [4.78, 5) is 11.0. The molecule has 0 fully saturated rings. The second-order valence-electron chi connectivity index (χ2n) is 31.1. The van der Waals surface area contributed by atoms with E-state index in [1.807, 2.05) is 22.7 Å². The minimum Gasteiger partial charge on any atom is -0.458 e. The van der Waals surface area contributed by atoms with Crippen LogP contribution in [0, 0.1) is 104 Å². The van der Waals surface area contributed by atoms with Crippen LogP contribution < -0.4 is 75.5 Å². The van der Waals surface area contributed by atoms with Crippen molar-refractivity contribution in [1.82, 2.24) is 0 Å². The lowest BCUT2D eigenvalue weighted by Gasteiger charge is -2.46. The Bertz CT molecular complexity index is 6110. The Morgan fingerprint density at radius 1 is 0.245 bits per heavy atom. The summed E-state index contributed by atoms with van der Waals surface area (Å²) in [5.41, 5.74) is 45.9. The molecule has 6 aliphatic rings. The first-order chi connectivity index (χ1) is 51.3. The Kier molecular flexibility index (Phi) is 14.3. The summed E-state index contributed by atoms with van der Waals surface area (Å²) in [6.45, 7) is 33.9. The zero-order chi connectivity index (χ0) is 72.5. The summed E-state index contributed by atoms with van der Waals surface area (Å²) in [5.74, 6) is 3.58. The van der Waals surface area contributed by atoms with Crippen LogP contribution in [0.5, 0.6) is 23.0 Å². The van der Waals surface area contributed by atoms with Gasteiger partial charge in [-0.3, -0.25) is 0 Å². The van der Waals surface area contributed by atoms with Gasteiger partial charge in [-0.2, -0.15) is 22.7 Å². The minimum atomic E-state index is -0.275. The highest BCUT2D eigenvalue weighted by Crippen LogP contribution is 2.59. The highest BCUT2D eigenvalue weighted by Gasteiger charge is 2.56. The molecule has 2 aromatic heterocycles. The Balaban J connectivity index is 0.999. The fourth-order valence-electron chi connectivity index (χ4n) is 20.1. The number of aryl methyl sites for hydroxylation is 15. The summed E-state index contributed by atoms with van der Waals surface area (Å²) in [7, 11) is 0. The molecule has 0 bridgehead atoms. The van der Waals surface area contributed by atoms with Crippen molar-refractivity contribution in [2.24, 2.45) is 0 Å². The normalized spacial score (nSPS) is 13.6. The van der Waals surface area contributed by atoms with Crippen LogP contribution in [-0.2, 0) is 0 Å². The van der Waals surface area contributed by atoms with Crippen LogP contribution in [0.4, 0.5) is 68.2 Å². The largest absolute Gasteiger partial charge is 0.458 e. The summed E-state index contributed by atoms with van der Waals surface area (Å²) in [5, 5.41) is 0. The fraction of sp³-hybridized carbons (Fsp3) is 0.158. The summed E-state index contributed by atoms with van der Waals surface area (Å²) in [6.07, 6.45) is 0. The maximum atomic E-state index is 7.47. The standard InChI is InChI=1S/C95H79B3N4O2S2/c1-50-38-59(10)85(60(11)39-50)100-71-44-65(79-53(4)26-23-27-54(79)5)45-72-82(71)98(94-89(100)88-92(105-94)96-69-34-19-21-36-75(69)103-77-48-66(80-55(6)28-24-29-56(80)7)46-73(83(77)96)99(88)68-32-17-16-18-33-68)95-91(101(72)86-61(12)40-51(2)41-62(86)13)90-93(106-95)97-70-35-20-22-37-76(70)104-78-49-67(81-57(8)30-25-31-58(81)9)47-74(84(78)97)102(90)87-63(14)42-52(3)43-64(87)15/h16-49H,1-15H3. The second-order valence-corrected chi connectivity index (χ2v) is 33.3. The molecule has 12 aromatic carbocycles. The predicted molar refractivity (Wildman–Crippen MR) is 455 cm³/mol. The number of fused-ring (bicyclic) bond motifs is 14. The Labute approximate surface area is 632 Å². The van der Waals surface area contributed by atoms with Gasteiger partial charge in [-0.05, 0) is 292 Å². The summed E-state index contributed by atoms with van der Waals surface area (Å²) < 4.78 is 20.1. The van der Waals surface area contributed by atoms with Crippen LogP contribution in [0.25, 0.3) is 33.4 Å². The molecule has 0 aliphatic carbocycles. The van der Waals surface area contributed by atoms with Crippen molar-refractivity contribution in [3.8, 4) is 56.4 Å².